The molecule has 88 valence electrons. The summed E-state index contributed by atoms with van der Waals surface area (Å²) < 4.78 is 0.711. The summed E-state index contributed by atoms with van der Waals surface area (Å²) in [6.07, 6.45) is 1.50. The SMILES string of the molecule is CN(C)C(c1ccc(Cl)s1)C1(C(=O)O)CC1. The molecule has 2 rings (SSSR count). The first-order valence-electron chi connectivity index (χ1n) is 5.12. The number of thiophene rings is 1. The third-order valence-corrected chi connectivity index (χ3v) is 4.40. The molecular weight excluding hydrogens is 246 g/mol. The van der Waals surface area contributed by atoms with E-state index in [0.717, 1.165) is 17.7 Å². The Hall–Kier alpha value is -0.580. The van der Waals surface area contributed by atoms with Crippen molar-refractivity contribution in [3.8, 4) is 0 Å². The van der Waals surface area contributed by atoms with Crippen LogP contribution in [0.1, 0.15) is 23.8 Å². The van der Waals surface area contributed by atoms with Gasteiger partial charge in [-0.3, -0.25) is 4.79 Å². The normalized spacial score (nSPS) is 19.8. The van der Waals surface area contributed by atoms with Gasteiger partial charge in [0.15, 0.2) is 0 Å². The van der Waals surface area contributed by atoms with E-state index < -0.39 is 11.4 Å². The van der Waals surface area contributed by atoms with E-state index in [2.05, 4.69) is 0 Å². The average Bonchev–Trinajstić information content (AvgIpc) is 2.85. The quantitative estimate of drug-likeness (QED) is 0.904. The molecule has 1 atom stereocenters. The highest BCUT2D eigenvalue weighted by molar-refractivity contribution is 7.16. The number of carbonyl (C=O) groups is 1. The zero-order chi connectivity index (χ0) is 11.9. The fourth-order valence-electron chi connectivity index (χ4n) is 2.24. The largest absolute Gasteiger partial charge is 0.481 e. The second-order valence-corrected chi connectivity index (χ2v) is 6.22. The molecule has 0 bridgehead atoms. The lowest BCUT2D eigenvalue weighted by molar-refractivity contribution is -0.146. The van der Waals surface area contributed by atoms with Crippen LogP contribution in [0, 0.1) is 5.41 Å². The molecule has 1 N–H and O–H groups in total. The van der Waals surface area contributed by atoms with E-state index in [1.54, 1.807) is 0 Å². The van der Waals surface area contributed by atoms with Gasteiger partial charge >= 0.3 is 5.97 Å². The number of rotatable bonds is 4. The lowest BCUT2D eigenvalue weighted by atomic mass is 9.94. The highest BCUT2D eigenvalue weighted by atomic mass is 35.5. The first-order valence-corrected chi connectivity index (χ1v) is 6.32. The first-order chi connectivity index (χ1) is 7.47. The van der Waals surface area contributed by atoms with E-state index >= 15 is 0 Å². The van der Waals surface area contributed by atoms with Crippen molar-refractivity contribution in [2.75, 3.05) is 14.1 Å². The van der Waals surface area contributed by atoms with Crippen molar-refractivity contribution in [1.29, 1.82) is 0 Å². The van der Waals surface area contributed by atoms with Crippen LogP contribution in [0.2, 0.25) is 4.34 Å². The van der Waals surface area contributed by atoms with E-state index in [4.69, 9.17) is 11.6 Å². The number of halogens is 1. The number of hydrogen-bond donors (Lipinski definition) is 1. The number of aliphatic carboxylic acids is 1. The number of carboxylic acids is 1. The van der Waals surface area contributed by atoms with Crippen molar-refractivity contribution in [1.82, 2.24) is 4.90 Å². The van der Waals surface area contributed by atoms with Crippen LogP contribution in [0.3, 0.4) is 0 Å². The van der Waals surface area contributed by atoms with Crippen molar-refractivity contribution < 1.29 is 9.90 Å². The maximum Gasteiger partial charge on any atom is 0.311 e. The minimum Gasteiger partial charge on any atom is -0.481 e. The Morgan fingerprint density at radius 3 is 2.50 bits per heavy atom. The molecule has 1 aromatic heterocycles. The van der Waals surface area contributed by atoms with Gasteiger partial charge in [-0.2, -0.15) is 0 Å². The molecule has 5 heteroatoms. The summed E-state index contributed by atoms with van der Waals surface area (Å²) in [5, 5.41) is 9.34. The minimum atomic E-state index is -0.698. The average molecular weight is 260 g/mol. The van der Waals surface area contributed by atoms with Crippen molar-refractivity contribution in [2.24, 2.45) is 5.41 Å². The van der Waals surface area contributed by atoms with Crippen LogP contribution in [-0.2, 0) is 4.79 Å². The van der Waals surface area contributed by atoms with Gasteiger partial charge in [0.25, 0.3) is 0 Å². The van der Waals surface area contributed by atoms with E-state index in [1.807, 2.05) is 31.1 Å². The molecule has 1 aliphatic carbocycles. The molecule has 1 heterocycles. The van der Waals surface area contributed by atoms with Gasteiger partial charge in [-0.25, -0.2) is 0 Å². The Bertz CT molecular complexity index is 412. The van der Waals surface area contributed by atoms with Gasteiger partial charge in [-0.15, -0.1) is 11.3 Å². The minimum absolute atomic E-state index is 0.0671. The van der Waals surface area contributed by atoms with E-state index in [9.17, 15) is 9.90 Å². The summed E-state index contributed by atoms with van der Waals surface area (Å²) >= 11 is 7.38. The Balaban J connectivity index is 2.35. The van der Waals surface area contributed by atoms with Crippen molar-refractivity contribution >= 4 is 28.9 Å². The highest BCUT2D eigenvalue weighted by Crippen LogP contribution is 2.58. The summed E-state index contributed by atoms with van der Waals surface area (Å²) in [6.45, 7) is 0. The summed E-state index contributed by atoms with van der Waals surface area (Å²) in [4.78, 5) is 14.4. The zero-order valence-electron chi connectivity index (χ0n) is 9.24. The van der Waals surface area contributed by atoms with Gasteiger partial charge in [0, 0.05) is 4.88 Å². The Kier molecular flexibility index (Phi) is 2.99. The monoisotopic (exact) mass is 259 g/mol. The number of carboxylic acid groups (broad SMARTS) is 1. The maximum atomic E-state index is 11.4. The van der Waals surface area contributed by atoms with Gasteiger partial charge < -0.3 is 10.0 Å². The summed E-state index contributed by atoms with van der Waals surface area (Å²) in [5.41, 5.74) is -0.600. The molecule has 0 aliphatic heterocycles. The van der Waals surface area contributed by atoms with Crippen LogP contribution in [0.15, 0.2) is 12.1 Å². The van der Waals surface area contributed by atoms with Gasteiger partial charge in [0.2, 0.25) is 0 Å². The molecule has 1 unspecified atom stereocenters. The Labute approximate surface area is 104 Å². The third-order valence-electron chi connectivity index (χ3n) is 3.12. The van der Waals surface area contributed by atoms with Crippen LogP contribution in [0.5, 0.6) is 0 Å². The van der Waals surface area contributed by atoms with Crippen molar-refractivity contribution in [2.45, 2.75) is 18.9 Å². The standard InChI is InChI=1S/C11H14ClNO2S/c1-13(2)9(7-3-4-8(12)16-7)11(5-6-11)10(14)15/h3-4,9H,5-6H2,1-2H3,(H,14,15). The summed E-state index contributed by atoms with van der Waals surface area (Å²) in [7, 11) is 3.84. The fraction of sp³-hybridized carbons (Fsp3) is 0.545. The van der Waals surface area contributed by atoms with E-state index in [0.29, 0.717) is 4.34 Å². The molecule has 0 saturated heterocycles. The third kappa shape index (κ3) is 1.85. The molecule has 1 aliphatic rings. The van der Waals surface area contributed by atoms with Crippen LogP contribution in [-0.4, -0.2) is 30.1 Å². The Morgan fingerprint density at radius 1 is 1.56 bits per heavy atom. The number of nitrogens with zero attached hydrogens (tertiary/aromatic N) is 1. The van der Waals surface area contributed by atoms with Crippen LogP contribution >= 0.6 is 22.9 Å². The smallest absolute Gasteiger partial charge is 0.311 e. The topological polar surface area (TPSA) is 40.5 Å². The van der Waals surface area contributed by atoms with Gasteiger partial charge in [0.05, 0.1) is 15.8 Å². The number of hydrogen-bond acceptors (Lipinski definition) is 3. The van der Waals surface area contributed by atoms with Crippen molar-refractivity contribution in [3.05, 3.63) is 21.3 Å². The Morgan fingerprint density at radius 2 is 2.19 bits per heavy atom. The van der Waals surface area contributed by atoms with Crippen LogP contribution in [0.4, 0.5) is 0 Å². The van der Waals surface area contributed by atoms with Gasteiger partial charge in [0.1, 0.15) is 0 Å². The van der Waals surface area contributed by atoms with E-state index in [1.165, 1.54) is 11.3 Å². The lowest BCUT2D eigenvalue weighted by Gasteiger charge is -2.29. The van der Waals surface area contributed by atoms with Gasteiger partial charge in [-0.1, -0.05) is 11.6 Å². The summed E-state index contributed by atoms with van der Waals surface area (Å²) in [5.74, 6) is -0.698. The van der Waals surface area contributed by atoms with Gasteiger partial charge in [-0.05, 0) is 39.1 Å². The molecule has 0 amide bonds. The molecule has 1 aromatic rings. The van der Waals surface area contributed by atoms with Crippen molar-refractivity contribution in [3.63, 3.8) is 0 Å². The molecule has 1 fully saturated rings. The van der Waals surface area contributed by atoms with E-state index in [-0.39, 0.29) is 6.04 Å². The molecule has 3 nitrogen and oxygen atoms in total. The molecule has 0 radical (unpaired) electrons. The zero-order valence-corrected chi connectivity index (χ0v) is 10.8. The molecule has 0 aromatic carbocycles. The summed E-state index contributed by atoms with van der Waals surface area (Å²) in [6, 6.07) is 3.69. The predicted octanol–water partition coefficient (Wildman–Crippen LogP) is 2.87. The van der Waals surface area contributed by atoms with Crippen LogP contribution < -0.4 is 0 Å². The fourth-order valence-corrected chi connectivity index (χ4v) is 3.61. The second kappa shape index (κ2) is 4.02. The maximum absolute atomic E-state index is 11.4. The highest BCUT2D eigenvalue weighted by Gasteiger charge is 2.57. The first kappa shape index (κ1) is 11.9. The second-order valence-electron chi connectivity index (χ2n) is 4.47. The molecule has 16 heavy (non-hydrogen) atoms. The molecule has 0 spiro atoms. The molecule has 1 saturated carbocycles. The lowest BCUT2D eigenvalue weighted by Crippen LogP contribution is -2.33. The molecular formula is C11H14ClNO2S. The van der Waals surface area contributed by atoms with Crippen LogP contribution in [0.25, 0.3) is 0 Å². The predicted molar refractivity (Wildman–Crippen MR) is 65.1 cm³/mol.